The van der Waals surface area contributed by atoms with Gasteiger partial charge in [0.1, 0.15) is 0 Å². The fourth-order valence-electron chi connectivity index (χ4n) is 2.28. The highest BCUT2D eigenvalue weighted by molar-refractivity contribution is 5.83. The molecule has 1 rings (SSSR count). The van der Waals surface area contributed by atoms with Crippen LogP contribution in [0.1, 0.15) is 47.0 Å². The first kappa shape index (κ1) is 12.5. The Morgan fingerprint density at radius 2 is 2.07 bits per heavy atom. The summed E-state index contributed by atoms with van der Waals surface area (Å²) < 4.78 is 0. The van der Waals surface area contributed by atoms with Crippen molar-refractivity contribution in [3.63, 3.8) is 0 Å². The van der Waals surface area contributed by atoms with Gasteiger partial charge in [-0.2, -0.15) is 0 Å². The van der Waals surface area contributed by atoms with Crippen LogP contribution in [0.15, 0.2) is 0 Å². The van der Waals surface area contributed by atoms with Crippen LogP contribution in [0.25, 0.3) is 0 Å². The van der Waals surface area contributed by atoms with Gasteiger partial charge in [-0.05, 0) is 40.0 Å². The van der Waals surface area contributed by atoms with Gasteiger partial charge in [-0.3, -0.25) is 4.79 Å². The van der Waals surface area contributed by atoms with Crippen molar-refractivity contribution >= 4 is 5.91 Å². The number of nitrogens with two attached hydrogens (primary N) is 1. The lowest BCUT2D eigenvalue weighted by Crippen LogP contribution is -2.49. The maximum atomic E-state index is 12.3. The van der Waals surface area contributed by atoms with Crippen LogP contribution in [0, 0.1) is 5.41 Å². The quantitative estimate of drug-likeness (QED) is 0.775. The first-order chi connectivity index (χ1) is 6.94. The second-order valence-electron chi connectivity index (χ2n) is 5.29. The summed E-state index contributed by atoms with van der Waals surface area (Å²) in [7, 11) is 0. The van der Waals surface area contributed by atoms with Crippen molar-refractivity contribution in [2.24, 2.45) is 11.1 Å². The van der Waals surface area contributed by atoms with Crippen LogP contribution in [0.5, 0.6) is 0 Å². The smallest absolute Gasteiger partial charge is 0.229 e. The molecule has 2 N–H and O–H groups in total. The van der Waals surface area contributed by atoms with Crippen molar-refractivity contribution in [3.05, 3.63) is 0 Å². The summed E-state index contributed by atoms with van der Waals surface area (Å²) in [6.07, 6.45) is 3.33. The third-order valence-electron chi connectivity index (χ3n) is 3.58. The highest BCUT2D eigenvalue weighted by Crippen LogP contribution is 2.30. The normalized spacial score (nSPS) is 27.1. The van der Waals surface area contributed by atoms with E-state index in [1.807, 2.05) is 13.8 Å². The van der Waals surface area contributed by atoms with Gasteiger partial charge in [0.05, 0.1) is 5.41 Å². The van der Waals surface area contributed by atoms with Gasteiger partial charge < -0.3 is 10.6 Å². The maximum absolute atomic E-state index is 12.3. The third kappa shape index (κ3) is 2.33. The van der Waals surface area contributed by atoms with Crippen LogP contribution in [0.4, 0.5) is 0 Å². The summed E-state index contributed by atoms with van der Waals surface area (Å²) in [5, 5.41) is 0. The van der Waals surface area contributed by atoms with Gasteiger partial charge in [-0.15, -0.1) is 0 Å². The summed E-state index contributed by atoms with van der Waals surface area (Å²) in [6, 6.07) is 0.812. The minimum absolute atomic E-state index is 0.224. The van der Waals surface area contributed by atoms with Crippen LogP contribution < -0.4 is 5.73 Å². The summed E-state index contributed by atoms with van der Waals surface area (Å²) in [6.45, 7) is 8.59. The molecule has 1 aliphatic rings. The number of nitrogens with zero attached hydrogens (tertiary/aromatic N) is 1. The second kappa shape index (κ2) is 4.52. The van der Waals surface area contributed by atoms with Gasteiger partial charge >= 0.3 is 0 Å². The third-order valence-corrected chi connectivity index (χ3v) is 3.58. The molecule has 0 aliphatic carbocycles. The molecule has 0 spiro atoms. The predicted octanol–water partition coefficient (Wildman–Crippen LogP) is 1.76. The molecule has 0 aromatic carbocycles. The second-order valence-corrected chi connectivity index (χ2v) is 5.29. The molecule has 3 nitrogen and oxygen atoms in total. The maximum Gasteiger partial charge on any atom is 0.229 e. The Balaban J connectivity index is 2.81. The zero-order valence-electron chi connectivity index (χ0n) is 10.4. The Bertz CT molecular complexity index is 238. The predicted molar refractivity (Wildman–Crippen MR) is 62.5 cm³/mol. The molecule has 88 valence electrons. The molecular weight excluding hydrogens is 188 g/mol. The van der Waals surface area contributed by atoms with Crippen LogP contribution >= 0.6 is 0 Å². The van der Waals surface area contributed by atoms with Crippen molar-refractivity contribution in [3.8, 4) is 0 Å². The Morgan fingerprint density at radius 3 is 2.53 bits per heavy atom. The molecule has 1 saturated heterocycles. The molecule has 1 fully saturated rings. The summed E-state index contributed by atoms with van der Waals surface area (Å²) in [5.41, 5.74) is 5.25. The zero-order chi connectivity index (χ0) is 11.6. The van der Waals surface area contributed by atoms with E-state index in [1.165, 1.54) is 0 Å². The highest BCUT2D eigenvalue weighted by Gasteiger charge is 2.39. The van der Waals surface area contributed by atoms with Crippen molar-refractivity contribution in [1.82, 2.24) is 4.90 Å². The van der Waals surface area contributed by atoms with Crippen LogP contribution in [-0.2, 0) is 4.79 Å². The number of carbonyl (C=O) groups excluding carboxylic acids is 1. The topological polar surface area (TPSA) is 46.3 Å². The molecule has 1 amide bonds. The van der Waals surface area contributed by atoms with Crippen LogP contribution in [-0.4, -0.2) is 29.4 Å². The molecular formula is C12H24N2O. The van der Waals surface area contributed by atoms with E-state index in [1.54, 1.807) is 0 Å². The Morgan fingerprint density at radius 1 is 1.47 bits per heavy atom. The summed E-state index contributed by atoms with van der Waals surface area (Å²) in [4.78, 5) is 14.4. The fourth-order valence-corrected chi connectivity index (χ4v) is 2.28. The lowest BCUT2D eigenvalue weighted by molar-refractivity contribution is -0.142. The van der Waals surface area contributed by atoms with Gasteiger partial charge in [0.15, 0.2) is 0 Å². The molecule has 1 aliphatic heterocycles. The average molecular weight is 212 g/mol. The lowest BCUT2D eigenvalue weighted by Gasteiger charge is -2.35. The molecule has 0 radical (unpaired) electrons. The highest BCUT2D eigenvalue weighted by atomic mass is 16.2. The molecule has 0 aromatic rings. The first-order valence-corrected chi connectivity index (χ1v) is 5.97. The number of hydrogen-bond acceptors (Lipinski definition) is 2. The fraction of sp³-hybridized carbons (Fsp3) is 0.917. The number of amides is 1. The van der Waals surface area contributed by atoms with Gasteiger partial charge in [-0.25, -0.2) is 0 Å². The number of hydrogen-bond donors (Lipinski definition) is 1. The number of likely N-dealkylation sites (tertiary alicyclic amines) is 1. The average Bonchev–Trinajstić information content (AvgIpc) is 2.58. The molecule has 0 saturated carbocycles. The SMILES string of the molecule is CCC1CCC(C)N1C(=O)C(C)(C)CN. The molecule has 0 bridgehead atoms. The van der Waals surface area contributed by atoms with Gasteiger partial charge in [0.25, 0.3) is 0 Å². The standard InChI is InChI=1S/C12H24N2O/c1-5-10-7-6-9(2)14(10)11(15)12(3,4)8-13/h9-10H,5-8,13H2,1-4H3. The minimum atomic E-state index is -0.411. The first-order valence-electron chi connectivity index (χ1n) is 5.97. The summed E-state index contributed by atoms with van der Waals surface area (Å²) >= 11 is 0. The Kier molecular flexibility index (Phi) is 3.77. The zero-order valence-corrected chi connectivity index (χ0v) is 10.4. The van der Waals surface area contributed by atoms with Crippen molar-refractivity contribution < 1.29 is 4.79 Å². The van der Waals surface area contributed by atoms with E-state index in [4.69, 9.17) is 5.73 Å². The van der Waals surface area contributed by atoms with Crippen LogP contribution in [0.2, 0.25) is 0 Å². The summed E-state index contributed by atoms with van der Waals surface area (Å²) in [5.74, 6) is 0.224. The molecule has 0 aromatic heterocycles. The van der Waals surface area contributed by atoms with E-state index in [2.05, 4.69) is 18.7 Å². The number of rotatable bonds is 3. The monoisotopic (exact) mass is 212 g/mol. The van der Waals surface area contributed by atoms with E-state index >= 15 is 0 Å². The minimum Gasteiger partial charge on any atom is -0.337 e. The van der Waals surface area contributed by atoms with E-state index in [-0.39, 0.29) is 5.91 Å². The van der Waals surface area contributed by atoms with Gasteiger partial charge in [-0.1, -0.05) is 6.92 Å². The Labute approximate surface area is 93.0 Å². The van der Waals surface area contributed by atoms with Crippen molar-refractivity contribution in [2.45, 2.75) is 59.0 Å². The molecule has 15 heavy (non-hydrogen) atoms. The molecule has 2 unspecified atom stereocenters. The van der Waals surface area contributed by atoms with Crippen LogP contribution in [0.3, 0.4) is 0 Å². The lowest BCUT2D eigenvalue weighted by atomic mass is 9.91. The molecule has 1 heterocycles. The van der Waals surface area contributed by atoms with Crippen molar-refractivity contribution in [2.75, 3.05) is 6.54 Å². The molecule has 3 heteroatoms. The molecule has 2 atom stereocenters. The number of carbonyl (C=O) groups is 1. The van der Waals surface area contributed by atoms with Crippen molar-refractivity contribution in [1.29, 1.82) is 0 Å². The van der Waals surface area contributed by atoms with E-state index in [0.29, 0.717) is 18.6 Å². The Hall–Kier alpha value is -0.570. The van der Waals surface area contributed by atoms with Gasteiger partial charge in [0, 0.05) is 18.6 Å². The van der Waals surface area contributed by atoms with E-state index in [0.717, 1.165) is 19.3 Å². The van der Waals surface area contributed by atoms with Gasteiger partial charge in [0.2, 0.25) is 5.91 Å². The van der Waals surface area contributed by atoms with E-state index in [9.17, 15) is 4.79 Å². The largest absolute Gasteiger partial charge is 0.337 e. The van der Waals surface area contributed by atoms with E-state index < -0.39 is 5.41 Å².